The van der Waals surface area contributed by atoms with Crippen molar-refractivity contribution >= 4 is 11.6 Å². The Balaban J connectivity index is 1.72. The Morgan fingerprint density at radius 1 is 1.09 bits per heavy atom. The molecule has 1 aromatic rings. The van der Waals surface area contributed by atoms with E-state index >= 15 is 0 Å². The zero-order valence-corrected chi connectivity index (χ0v) is 14.1. The van der Waals surface area contributed by atoms with Crippen molar-refractivity contribution in [3.05, 3.63) is 24.3 Å². The van der Waals surface area contributed by atoms with Crippen LogP contribution in [-0.4, -0.2) is 50.3 Å². The molecule has 0 aromatic heterocycles. The van der Waals surface area contributed by atoms with E-state index in [-0.39, 0.29) is 5.91 Å². The second-order valence-corrected chi connectivity index (χ2v) is 5.81. The van der Waals surface area contributed by atoms with Crippen LogP contribution in [0.2, 0.25) is 0 Å². The fraction of sp³-hybridized carbons (Fsp3) is 0.611. The van der Waals surface area contributed by atoms with Crippen LogP contribution in [0, 0.1) is 0 Å². The van der Waals surface area contributed by atoms with Gasteiger partial charge >= 0.3 is 0 Å². The molecular formula is C18H28N2O3. The number of ether oxygens (including phenoxy) is 2. The maximum atomic E-state index is 12.1. The van der Waals surface area contributed by atoms with Crippen molar-refractivity contribution in [1.29, 1.82) is 0 Å². The van der Waals surface area contributed by atoms with Gasteiger partial charge < -0.3 is 14.8 Å². The Labute approximate surface area is 139 Å². The number of hydrogen-bond acceptors (Lipinski definition) is 4. The normalized spacial score (nSPS) is 15.9. The number of amides is 1. The van der Waals surface area contributed by atoms with Crippen molar-refractivity contribution in [3.8, 4) is 5.75 Å². The van der Waals surface area contributed by atoms with Crippen molar-refractivity contribution in [2.24, 2.45) is 0 Å². The van der Waals surface area contributed by atoms with Gasteiger partial charge in [0.2, 0.25) is 5.91 Å². The van der Waals surface area contributed by atoms with Gasteiger partial charge in [-0.15, -0.1) is 0 Å². The quantitative estimate of drug-likeness (QED) is 0.748. The van der Waals surface area contributed by atoms with E-state index < -0.39 is 0 Å². The minimum absolute atomic E-state index is 0.0527. The predicted molar refractivity (Wildman–Crippen MR) is 92.0 cm³/mol. The summed E-state index contributed by atoms with van der Waals surface area (Å²) in [7, 11) is 0. The summed E-state index contributed by atoms with van der Waals surface area (Å²) < 4.78 is 10.8. The summed E-state index contributed by atoms with van der Waals surface area (Å²) in [6.07, 6.45) is 4.95. The van der Waals surface area contributed by atoms with Crippen LogP contribution in [0.25, 0.3) is 0 Å². The van der Waals surface area contributed by atoms with E-state index in [9.17, 15) is 4.79 Å². The average Bonchev–Trinajstić information content (AvgIpc) is 2.82. The van der Waals surface area contributed by atoms with Gasteiger partial charge in [-0.05, 0) is 57.1 Å². The van der Waals surface area contributed by atoms with Crippen molar-refractivity contribution in [3.63, 3.8) is 0 Å². The molecule has 1 aliphatic rings. The molecule has 0 atom stereocenters. The maximum Gasteiger partial charge on any atom is 0.238 e. The summed E-state index contributed by atoms with van der Waals surface area (Å²) >= 11 is 0. The zero-order valence-electron chi connectivity index (χ0n) is 14.1. The predicted octanol–water partition coefficient (Wildman–Crippen LogP) is 2.92. The van der Waals surface area contributed by atoms with Gasteiger partial charge in [-0.2, -0.15) is 0 Å². The lowest BCUT2D eigenvalue weighted by atomic mass is 10.2. The number of carbonyl (C=O) groups is 1. The second-order valence-electron chi connectivity index (χ2n) is 5.81. The van der Waals surface area contributed by atoms with Crippen LogP contribution in [0.3, 0.4) is 0 Å². The highest BCUT2D eigenvalue weighted by Gasteiger charge is 2.12. The Kier molecular flexibility index (Phi) is 7.90. The summed E-state index contributed by atoms with van der Waals surface area (Å²) in [5.41, 5.74) is 0.807. The lowest BCUT2D eigenvalue weighted by Crippen LogP contribution is -2.33. The van der Waals surface area contributed by atoms with Gasteiger partial charge in [-0.1, -0.05) is 12.8 Å². The first kappa shape index (κ1) is 17.8. The molecule has 1 heterocycles. The van der Waals surface area contributed by atoms with E-state index in [0.717, 1.165) is 24.5 Å². The lowest BCUT2D eigenvalue weighted by molar-refractivity contribution is -0.117. The van der Waals surface area contributed by atoms with Crippen LogP contribution in [0.1, 0.15) is 32.6 Å². The zero-order chi connectivity index (χ0) is 16.3. The highest BCUT2D eigenvalue weighted by atomic mass is 16.5. The number of benzene rings is 1. The Morgan fingerprint density at radius 2 is 1.78 bits per heavy atom. The van der Waals surface area contributed by atoms with Crippen LogP contribution < -0.4 is 10.1 Å². The molecule has 0 spiro atoms. The molecule has 0 saturated carbocycles. The van der Waals surface area contributed by atoms with Crippen molar-refractivity contribution in [2.75, 3.05) is 44.8 Å². The molecule has 0 radical (unpaired) electrons. The third kappa shape index (κ3) is 7.01. The number of nitrogens with zero attached hydrogens (tertiary/aromatic N) is 1. The fourth-order valence-electron chi connectivity index (χ4n) is 2.70. The number of likely N-dealkylation sites (tertiary alicyclic amines) is 1. The summed E-state index contributed by atoms with van der Waals surface area (Å²) in [4.78, 5) is 14.4. The number of nitrogens with one attached hydrogen (secondary N) is 1. The molecule has 1 aromatic carbocycles. The summed E-state index contributed by atoms with van der Waals surface area (Å²) in [6, 6.07) is 7.48. The van der Waals surface area contributed by atoms with Gasteiger partial charge in [-0.3, -0.25) is 9.69 Å². The van der Waals surface area contributed by atoms with Gasteiger partial charge in [-0.25, -0.2) is 0 Å². The highest BCUT2D eigenvalue weighted by molar-refractivity contribution is 5.92. The topological polar surface area (TPSA) is 50.8 Å². The summed E-state index contributed by atoms with van der Waals surface area (Å²) in [6.45, 7) is 6.32. The van der Waals surface area contributed by atoms with Gasteiger partial charge in [0.1, 0.15) is 12.4 Å². The van der Waals surface area contributed by atoms with Crippen LogP contribution >= 0.6 is 0 Å². The maximum absolute atomic E-state index is 12.1. The van der Waals surface area contributed by atoms with Crippen LogP contribution in [0.5, 0.6) is 5.75 Å². The van der Waals surface area contributed by atoms with E-state index in [4.69, 9.17) is 9.47 Å². The lowest BCUT2D eigenvalue weighted by Gasteiger charge is -2.19. The first-order valence-electron chi connectivity index (χ1n) is 8.60. The van der Waals surface area contributed by atoms with E-state index in [1.807, 2.05) is 31.2 Å². The molecule has 1 fully saturated rings. The molecule has 0 aliphatic carbocycles. The first-order valence-corrected chi connectivity index (χ1v) is 8.60. The first-order chi connectivity index (χ1) is 11.3. The van der Waals surface area contributed by atoms with E-state index in [1.54, 1.807) is 0 Å². The SMILES string of the molecule is CCOCCOc1ccc(NC(=O)CN2CCCCCC2)cc1. The van der Waals surface area contributed by atoms with Gasteiger partial charge in [0, 0.05) is 12.3 Å². The van der Waals surface area contributed by atoms with Gasteiger partial charge in [0.25, 0.3) is 0 Å². The monoisotopic (exact) mass is 320 g/mol. The van der Waals surface area contributed by atoms with Crippen LogP contribution in [0.4, 0.5) is 5.69 Å². The minimum Gasteiger partial charge on any atom is -0.491 e. The smallest absolute Gasteiger partial charge is 0.238 e. The third-order valence-corrected chi connectivity index (χ3v) is 3.90. The highest BCUT2D eigenvalue weighted by Crippen LogP contribution is 2.16. The number of carbonyl (C=O) groups excluding carboxylic acids is 1. The molecule has 1 saturated heterocycles. The van der Waals surface area contributed by atoms with Crippen molar-refractivity contribution in [2.45, 2.75) is 32.6 Å². The van der Waals surface area contributed by atoms with Gasteiger partial charge in [0.05, 0.1) is 13.2 Å². The van der Waals surface area contributed by atoms with Crippen molar-refractivity contribution < 1.29 is 14.3 Å². The Bertz CT molecular complexity index is 454. The second kappa shape index (κ2) is 10.2. The molecule has 1 aliphatic heterocycles. The molecule has 5 nitrogen and oxygen atoms in total. The largest absolute Gasteiger partial charge is 0.491 e. The van der Waals surface area contributed by atoms with E-state index in [2.05, 4.69) is 10.2 Å². The standard InChI is InChI=1S/C18H28N2O3/c1-2-22-13-14-23-17-9-7-16(8-10-17)19-18(21)15-20-11-5-3-4-6-12-20/h7-10H,2-6,11-15H2,1H3,(H,19,21). The molecule has 0 unspecified atom stereocenters. The Morgan fingerprint density at radius 3 is 2.43 bits per heavy atom. The third-order valence-electron chi connectivity index (χ3n) is 3.90. The van der Waals surface area contributed by atoms with Gasteiger partial charge in [0.15, 0.2) is 0 Å². The molecule has 5 heteroatoms. The molecule has 128 valence electrons. The average molecular weight is 320 g/mol. The number of rotatable bonds is 8. The Hall–Kier alpha value is -1.59. The summed E-state index contributed by atoms with van der Waals surface area (Å²) in [5.74, 6) is 0.840. The van der Waals surface area contributed by atoms with Crippen molar-refractivity contribution in [1.82, 2.24) is 4.90 Å². The van der Waals surface area contributed by atoms with Crippen LogP contribution in [0.15, 0.2) is 24.3 Å². The molecular weight excluding hydrogens is 292 g/mol. The van der Waals surface area contributed by atoms with E-state index in [0.29, 0.717) is 26.4 Å². The number of anilines is 1. The molecule has 1 amide bonds. The molecule has 23 heavy (non-hydrogen) atoms. The summed E-state index contributed by atoms with van der Waals surface area (Å²) in [5, 5.41) is 2.95. The molecule has 2 rings (SSSR count). The fourth-order valence-corrected chi connectivity index (χ4v) is 2.70. The van der Waals surface area contributed by atoms with E-state index in [1.165, 1.54) is 25.7 Å². The van der Waals surface area contributed by atoms with Crippen LogP contribution in [-0.2, 0) is 9.53 Å². The minimum atomic E-state index is 0.0527. The molecule has 1 N–H and O–H groups in total. The number of hydrogen-bond donors (Lipinski definition) is 1. The molecule has 0 bridgehead atoms.